The number of carbonyl (C=O) groups excluding carboxylic acids is 3. The first-order chi connectivity index (χ1) is 13.5. The number of benzene rings is 1. The molecule has 1 aliphatic rings. The standard InChI is InChI=1S/C21H31N3O6/c1-20(2,3)13-9-12(29-8)10-14(16(13)25)23-15(17(26)30-21(4,5)6)11-24(7,18(22)27)19(23)28/h9-10,15H,11H2,1-8H3,(H2-,22,25,27)/p+1. The number of amides is 4. The lowest BCUT2D eigenvalue weighted by Gasteiger charge is -2.28. The van der Waals surface area contributed by atoms with Crippen LogP contribution >= 0.6 is 0 Å². The van der Waals surface area contributed by atoms with Crippen LogP contribution in [-0.4, -0.2) is 60.0 Å². The van der Waals surface area contributed by atoms with Gasteiger partial charge < -0.3 is 20.3 Å². The second kappa shape index (κ2) is 7.46. The van der Waals surface area contributed by atoms with Crippen molar-refractivity contribution in [3.8, 4) is 11.5 Å². The van der Waals surface area contributed by atoms with Gasteiger partial charge in [0, 0.05) is 11.6 Å². The number of anilines is 1. The topological polar surface area (TPSA) is 119 Å². The molecule has 2 unspecified atom stereocenters. The summed E-state index contributed by atoms with van der Waals surface area (Å²) in [6, 6.07) is 0.330. The number of esters is 1. The third-order valence-electron chi connectivity index (χ3n) is 5.01. The maximum Gasteiger partial charge on any atom is 0.433 e. The molecule has 0 saturated carbocycles. The number of carbonyl (C=O) groups is 3. The number of hydrogen-bond acceptors (Lipinski definition) is 6. The van der Waals surface area contributed by atoms with Crippen molar-refractivity contribution in [2.24, 2.45) is 5.73 Å². The monoisotopic (exact) mass is 422 g/mol. The number of phenolic OH excluding ortho intramolecular Hbond substituents is 1. The minimum Gasteiger partial charge on any atom is -0.505 e. The zero-order chi connectivity index (χ0) is 23.2. The van der Waals surface area contributed by atoms with Crippen molar-refractivity contribution in [3.63, 3.8) is 0 Å². The maximum absolute atomic E-state index is 13.3. The number of primary amides is 1. The van der Waals surface area contributed by atoms with E-state index in [1.165, 1.54) is 20.2 Å². The Kier molecular flexibility index (Phi) is 5.84. The number of phenols is 1. The smallest absolute Gasteiger partial charge is 0.433 e. The average Bonchev–Trinajstić information content (AvgIpc) is 2.86. The van der Waals surface area contributed by atoms with Crippen molar-refractivity contribution in [3.05, 3.63) is 17.7 Å². The lowest BCUT2D eigenvalue weighted by atomic mass is 9.85. The molecule has 1 aromatic carbocycles. The summed E-state index contributed by atoms with van der Waals surface area (Å²) in [5.41, 5.74) is 4.78. The minimum absolute atomic E-state index is 0.0586. The number of methoxy groups -OCH3 is 1. The van der Waals surface area contributed by atoms with Gasteiger partial charge in [0.1, 0.15) is 23.6 Å². The quantitative estimate of drug-likeness (QED) is 0.571. The van der Waals surface area contributed by atoms with Gasteiger partial charge in [-0.05, 0) is 32.3 Å². The Morgan fingerprint density at radius 2 is 1.77 bits per heavy atom. The predicted molar refractivity (Wildman–Crippen MR) is 112 cm³/mol. The van der Waals surface area contributed by atoms with Crippen LogP contribution in [0.4, 0.5) is 15.3 Å². The second-order valence-corrected chi connectivity index (χ2v) is 9.71. The molecule has 2 atom stereocenters. The Balaban J connectivity index is 2.72. The van der Waals surface area contributed by atoms with Gasteiger partial charge >= 0.3 is 18.0 Å². The van der Waals surface area contributed by atoms with Gasteiger partial charge in [-0.3, -0.25) is 0 Å². The van der Waals surface area contributed by atoms with Crippen molar-refractivity contribution in [2.75, 3.05) is 25.6 Å². The molecule has 0 aromatic heterocycles. The molecule has 4 amide bonds. The molecule has 0 spiro atoms. The fourth-order valence-electron chi connectivity index (χ4n) is 3.35. The van der Waals surface area contributed by atoms with Crippen LogP contribution in [0.1, 0.15) is 47.1 Å². The molecular weight excluding hydrogens is 390 g/mol. The van der Waals surface area contributed by atoms with Crippen molar-refractivity contribution in [1.82, 2.24) is 0 Å². The van der Waals surface area contributed by atoms with Crippen molar-refractivity contribution < 1.29 is 33.4 Å². The highest BCUT2D eigenvalue weighted by atomic mass is 16.6. The van der Waals surface area contributed by atoms with E-state index < -0.39 is 39.6 Å². The normalized spacial score (nSPS) is 22.2. The molecule has 0 radical (unpaired) electrons. The third-order valence-corrected chi connectivity index (χ3v) is 5.01. The molecule has 9 nitrogen and oxygen atoms in total. The first-order valence-corrected chi connectivity index (χ1v) is 9.66. The van der Waals surface area contributed by atoms with Crippen LogP contribution in [0.5, 0.6) is 11.5 Å². The molecule has 0 aliphatic carbocycles. The summed E-state index contributed by atoms with van der Waals surface area (Å²) < 4.78 is 10.0. The maximum atomic E-state index is 13.3. The van der Waals surface area contributed by atoms with Crippen molar-refractivity contribution >= 4 is 23.7 Å². The van der Waals surface area contributed by atoms with Crippen LogP contribution in [0, 0.1) is 0 Å². The lowest BCUT2D eigenvalue weighted by molar-refractivity contribution is -0.733. The number of imide groups is 1. The Morgan fingerprint density at radius 1 is 1.20 bits per heavy atom. The molecule has 9 heteroatoms. The summed E-state index contributed by atoms with van der Waals surface area (Å²) in [5.74, 6) is -0.481. The van der Waals surface area contributed by atoms with Crippen LogP contribution in [0.3, 0.4) is 0 Å². The van der Waals surface area contributed by atoms with Crippen LogP contribution < -0.4 is 15.4 Å². The van der Waals surface area contributed by atoms with Gasteiger partial charge in [-0.25, -0.2) is 19.3 Å². The zero-order valence-electron chi connectivity index (χ0n) is 18.9. The van der Waals surface area contributed by atoms with E-state index >= 15 is 0 Å². The van der Waals surface area contributed by atoms with E-state index in [-0.39, 0.29) is 18.0 Å². The summed E-state index contributed by atoms with van der Waals surface area (Å²) in [6.07, 6.45) is 0. The van der Waals surface area contributed by atoms with Gasteiger partial charge in [0.05, 0.1) is 19.8 Å². The first-order valence-electron chi connectivity index (χ1n) is 9.66. The molecule has 30 heavy (non-hydrogen) atoms. The van der Waals surface area contributed by atoms with Crippen molar-refractivity contribution in [1.29, 1.82) is 0 Å². The number of likely N-dealkylation sites (N-methyl/N-ethyl adjacent to an activating group) is 1. The minimum atomic E-state index is -1.15. The van der Waals surface area contributed by atoms with Gasteiger partial charge in [-0.15, -0.1) is 0 Å². The van der Waals surface area contributed by atoms with Gasteiger partial charge in [0.2, 0.25) is 0 Å². The number of aromatic hydroxyl groups is 1. The number of ether oxygens (including phenoxy) is 2. The molecule has 1 aromatic rings. The van der Waals surface area contributed by atoms with Crippen molar-refractivity contribution in [2.45, 2.75) is 58.6 Å². The van der Waals surface area contributed by atoms with Gasteiger partial charge in [-0.1, -0.05) is 20.8 Å². The molecule has 166 valence electrons. The molecular formula is C21H32N3O6+. The van der Waals surface area contributed by atoms with E-state index in [0.29, 0.717) is 11.3 Å². The summed E-state index contributed by atoms with van der Waals surface area (Å²) in [6.45, 7) is 10.6. The van der Waals surface area contributed by atoms with Crippen LogP contribution in [0.25, 0.3) is 0 Å². The second-order valence-electron chi connectivity index (χ2n) is 9.71. The SMILES string of the molecule is COc1cc(N2C(=O)[N+](C)(C(N)=O)CC2C(=O)OC(C)(C)C)c(O)c(C(C)(C)C)c1. The van der Waals surface area contributed by atoms with E-state index in [4.69, 9.17) is 15.2 Å². The highest BCUT2D eigenvalue weighted by Gasteiger charge is 2.58. The third kappa shape index (κ3) is 4.21. The molecule has 0 bridgehead atoms. The summed E-state index contributed by atoms with van der Waals surface area (Å²) in [5, 5.41) is 11.0. The summed E-state index contributed by atoms with van der Waals surface area (Å²) in [4.78, 5) is 39.5. The van der Waals surface area contributed by atoms with Gasteiger partial charge in [0.25, 0.3) is 0 Å². The molecule has 1 aliphatic heterocycles. The van der Waals surface area contributed by atoms with E-state index in [2.05, 4.69) is 0 Å². The number of rotatable bonds is 3. The number of nitrogens with zero attached hydrogens (tertiary/aromatic N) is 2. The number of urea groups is 2. The fourth-order valence-corrected chi connectivity index (χ4v) is 3.35. The summed E-state index contributed by atoms with van der Waals surface area (Å²) >= 11 is 0. The largest absolute Gasteiger partial charge is 0.505 e. The number of nitrogens with two attached hydrogens (primary N) is 1. The molecule has 1 fully saturated rings. The van der Waals surface area contributed by atoms with Crippen LogP contribution in [-0.2, 0) is 14.9 Å². The molecule has 1 heterocycles. The van der Waals surface area contributed by atoms with E-state index in [0.717, 1.165) is 4.90 Å². The summed E-state index contributed by atoms with van der Waals surface area (Å²) in [7, 11) is 2.80. The Hall–Kier alpha value is -2.81. The van der Waals surface area contributed by atoms with Crippen LogP contribution in [0.15, 0.2) is 12.1 Å². The molecule has 3 N–H and O–H groups in total. The number of quaternary nitrogens is 1. The predicted octanol–water partition coefficient (Wildman–Crippen LogP) is 2.87. The highest BCUT2D eigenvalue weighted by Crippen LogP contribution is 2.44. The number of hydrogen-bond donors (Lipinski definition) is 2. The lowest BCUT2D eigenvalue weighted by Crippen LogP contribution is -2.55. The molecule has 1 saturated heterocycles. The first kappa shape index (κ1) is 23.5. The van der Waals surface area contributed by atoms with Gasteiger partial charge in [-0.2, -0.15) is 4.48 Å². The Labute approximate surface area is 176 Å². The van der Waals surface area contributed by atoms with E-state index in [1.807, 2.05) is 20.8 Å². The molecule has 2 rings (SSSR count). The Morgan fingerprint density at radius 3 is 2.20 bits per heavy atom. The fraction of sp³-hybridized carbons (Fsp3) is 0.571. The zero-order valence-corrected chi connectivity index (χ0v) is 18.9. The van der Waals surface area contributed by atoms with E-state index in [1.54, 1.807) is 26.8 Å². The van der Waals surface area contributed by atoms with Crippen LogP contribution in [0.2, 0.25) is 0 Å². The van der Waals surface area contributed by atoms with Gasteiger partial charge in [0.15, 0.2) is 6.04 Å². The average molecular weight is 423 g/mol. The van der Waals surface area contributed by atoms with E-state index in [9.17, 15) is 19.5 Å². The Bertz CT molecular complexity index is 884. The highest BCUT2D eigenvalue weighted by molar-refractivity contribution is 6.03.